The van der Waals surface area contributed by atoms with Crippen molar-refractivity contribution in [1.29, 1.82) is 0 Å². The van der Waals surface area contributed by atoms with Gasteiger partial charge in [0.05, 0.1) is 32.5 Å². The lowest BCUT2D eigenvalue weighted by Gasteiger charge is -2.25. The van der Waals surface area contributed by atoms with Crippen molar-refractivity contribution in [2.45, 2.75) is 312 Å². The van der Waals surface area contributed by atoms with Gasteiger partial charge >= 0.3 is 35.8 Å². The molecule has 3 aromatic carbocycles. The molecule has 0 amide bonds. The molecular formula is C78H114O12. The molecular weight excluding hydrogens is 1130 g/mol. The fourth-order valence-corrected chi connectivity index (χ4v) is 14.8. The van der Waals surface area contributed by atoms with Crippen molar-refractivity contribution in [3.63, 3.8) is 0 Å². The number of rotatable bonds is 46. The molecule has 4 aliphatic carbocycles. The van der Waals surface area contributed by atoms with Gasteiger partial charge in [-0.25, -0.2) is 0 Å². The van der Waals surface area contributed by atoms with Crippen LogP contribution in [0, 0.1) is 60.2 Å². The molecule has 12 heteroatoms. The van der Waals surface area contributed by atoms with Gasteiger partial charge < -0.3 is 30.6 Å². The Labute approximate surface area is 539 Å². The molecule has 0 saturated heterocycles. The predicted molar refractivity (Wildman–Crippen MR) is 357 cm³/mol. The summed E-state index contributed by atoms with van der Waals surface area (Å²) < 4.78 is 0. The van der Waals surface area contributed by atoms with Crippen LogP contribution >= 0.6 is 0 Å². The van der Waals surface area contributed by atoms with Crippen LogP contribution < -0.4 is 0 Å². The predicted octanol–water partition coefficient (Wildman–Crippen LogP) is 18.2. The van der Waals surface area contributed by atoms with E-state index in [1.807, 2.05) is 27.7 Å². The third kappa shape index (κ3) is 19.3. The molecule has 0 atom stereocenters. The first kappa shape index (κ1) is 71.9. The van der Waals surface area contributed by atoms with Crippen LogP contribution in [0.15, 0.2) is 24.3 Å². The lowest BCUT2D eigenvalue weighted by atomic mass is 9.80. The van der Waals surface area contributed by atoms with E-state index in [4.69, 9.17) is 0 Å². The molecule has 0 unspecified atom stereocenters. The van der Waals surface area contributed by atoms with Crippen LogP contribution in [0.1, 0.15) is 305 Å². The molecule has 0 heterocycles. The summed E-state index contributed by atoms with van der Waals surface area (Å²) in [4.78, 5) is 72.8. The van der Waals surface area contributed by atoms with Crippen LogP contribution in [0.25, 0.3) is 0 Å². The topological polar surface area (TPSA) is 224 Å². The molecule has 0 aromatic heterocycles. The van der Waals surface area contributed by atoms with E-state index in [0.717, 1.165) is 225 Å². The summed E-state index contributed by atoms with van der Waals surface area (Å²) >= 11 is 0. The van der Waals surface area contributed by atoms with Gasteiger partial charge in [0.1, 0.15) is 0 Å². The van der Waals surface area contributed by atoms with Gasteiger partial charge in [0, 0.05) is 0 Å². The van der Waals surface area contributed by atoms with E-state index in [1.54, 1.807) is 0 Å². The van der Waals surface area contributed by atoms with Crippen LogP contribution in [0.2, 0.25) is 0 Å². The van der Waals surface area contributed by atoms with Gasteiger partial charge in [0.15, 0.2) is 0 Å². The highest BCUT2D eigenvalue weighted by Gasteiger charge is 2.51. The Morgan fingerprint density at radius 3 is 1.12 bits per heavy atom. The summed E-state index contributed by atoms with van der Waals surface area (Å²) in [5, 5.41) is 59.8. The fourth-order valence-electron chi connectivity index (χ4n) is 14.8. The Balaban J connectivity index is 1.25. The summed E-state index contributed by atoms with van der Waals surface area (Å²) in [5.74, 6) is -4.21. The molecule has 0 aliphatic heterocycles. The summed E-state index contributed by atoms with van der Waals surface area (Å²) in [7, 11) is 0. The van der Waals surface area contributed by atoms with Crippen LogP contribution in [-0.4, -0.2) is 66.5 Å². The van der Waals surface area contributed by atoms with E-state index in [2.05, 4.69) is 52.0 Å². The number of unbranched alkanes of at least 4 members (excludes halogenated alkanes) is 11. The summed E-state index contributed by atoms with van der Waals surface area (Å²) in [5.41, 5.74) is 14.9. The van der Waals surface area contributed by atoms with Crippen molar-refractivity contribution in [3.05, 3.63) is 102 Å². The van der Waals surface area contributed by atoms with Crippen molar-refractivity contribution < 1.29 is 59.4 Å². The number of benzene rings is 3. The molecule has 0 spiro atoms. The second-order valence-corrected chi connectivity index (χ2v) is 30.7. The zero-order chi connectivity index (χ0) is 65.7. The number of carboxylic acid groups (broad SMARTS) is 6. The third-order valence-electron chi connectivity index (χ3n) is 22.9. The molecule has 0 bridgehead atoms. The first-order valence-electron chi connectivity index (χ1n) is 35.4. The summed E-state index contributed by atoms with van der Waals surface area (Å²) in [6.45, 7) is 16.3. The lowest BCUT2D eigenvalue weighted by Crippen LogP contribution is -2.23. The molecule has 7 rings (SSSR count). The maximum atomic E-state index is 12.4. The second kappa shape index (κ2) is 31.4. The molecule has 3 aromatic rings. The number of aliphatic carboxylic acids is 6. The van der Waals surface area contributed by atoms with Crippen molar-refractivity contribution in [2.24, 2.45) is 32.5 Å². The molecule has 4 saturated carbocycles. The average molecular weight is 1240 g/mol. The highest BCUT2D eigenvalue weighted by atomic mass is 16.4. The van der Waals surface area contributed by atoms with E-state index in [1.165, 1.54) is 77.9 Å². The van der Waals surface area contributed by atoms with E-state index in [9.17, 15) is 59.4 Å². The zero-order valence-corrected chi connectivity index (χ0v) is 56.7. The standard InChI is InChI=1S/C78H114O12/c1-53-48-60(28-15-9-11-20-34-73(5,6)67(79)80)65(63(54(53)2)31-19-25-39-78(46-47-78)72(89)90)33-32-59-51-61(29-18-24-38-77(44-45-77)71(87)88)66(64(56(59)4)30-16-10-12-21-35-74(7,8)68(81)82)52-62-50-57(26-14-13-22-36-75(40-41-75)69(83)84)49-58(55(62)3)27-17-23-37-76(42-43-76)70(85)86/h48-51H,9-47,52H2,1-8H3,(H,79,80)(H,81,82)(H,83,84)(H,85,86)(H,87,88)(H,89,90). The molecule has 4 fully saturated rings. The van der Waals surface area contributed by atoms with E-state index >= 15 is 0 Å². The van der Waals surface area contributed by atoms with Crippen LogP contribution in [-0.2, 0) is 86.6 Å². The molecule has 90 heavy (non-hydrogen) atoms. The SMILES string of the molecule is Cc1cc(CCCCCCC(C)(C)C(=O)O)c(CCc2cc(CCCCC3(C(=O)O)CC3)c(Cc3cc(CCCCCC4(C(=O)O)CC4)cc(CCCCC4(C(=O)O)CC4)c3C)c(CCCCCCC(C)(C)C(=O)O)c2C)c(CCCCC2(C(=O)O)CC2)c1C. The van der Waals surface area contributed by atoms with Crippen LogP contribution in [0.4, 0.5) is 0 Å². The Bertz CT molecular complexity index is 3010. The normalized spacial score (nSPS) is 16.6. The smallest absolute Gasteiger partial charge is 0.309 e. The van der Waals surface area contributed by atoms with Crippen molar-refractivity contribution in [2.75, 3.05) is 0 Å². The first-order chi connectivity index (χ1) is 42.6. The highest BCUT2D eigenvalue weighted by molar-refractivity contribution is 5.79. The minimum absolute atomic E-state index is 0.526. The van der Waals surface area contributed by atoms with Gasteiger partial charge in [-0.15, -0.1) is 0 Å². The Kier molecular flexibility index (Phi) is 25.1. The van der Waals surface area contributed by atoms with Crippen LogP contribution in [0.3, 0.4) is 0 Å². The van der Waals surface area contributed by atoms with E-state index < -0.39 is 68.3 Å². The molecule has 6 N–H and O–H groups in total. The molecule has 4 aliphatic rings. The van der Waals surface area contributed by atoms with Gasteiger partial charge in [-0.3, -0.25) is 28.8 Å². The average Bonchev–Trinajstić information content (AvgIpc) is 1.87. The second-order valence-electron chi connectivity index (χ2n) is 30.7. The third-order valence-corrected chi connectivity index (χ3v) is 22.9. The number of hydrogen-bond acceptors (Lipinski definition) is 6. The summed E-state index contributed by atoms with van der Waals surface area (Å²) in [6, 6.07) is 9.73. The minimum atomic E-state index is -0.782. The number of carboxylic acids is 6. The van der Waals surface area contributed by atoms with Gasteiger partial charge in [0.25, 0.3) is 0 Å². The minimum Gasteiger partial charge on any atom is -0.481 e. The first-order valence-corrected chi connectivity index (χ1v) is 35.4. The van der Waals surface area contributed by atoms with E-state index in [0.29, 0.717) is 32.1 Å². The lowest BCUT2D eigenvalue weighted by molar-refractivity contribution is -0.148. The maximum absolute atomic E-state index is 12.4. The highest BCUT2D eigenvalue weighted by Crippen LogP contribution is 2.53. The molecule has 498 valence electrons. The fraction of sp³-hybridized carbons (Fsp3) is 0.692. The van der Waals surface area contributed by atoms with Gasteiger partial charge in [0.2, 0.25) is 0 Å². The number of hydrogen-bond donors (Lipinski definition) is 6. The Hall–Kier alpha value is -5.52. The van der Waals surface area contributed by atoms with E-state index in [-0.39, 0.29) is 0 Å². The largest absolute Gasteiger partial charge is 0.481 e. The van der Waals surface area contributed by atoms with Crippen LogP contribution in [0.5, 0.6) is 0 Å². The molecule has 12 nitrogen and oxygen atoms in total. The van der Waals surface area contributed by atoms with Crippen molar-refractivity contribution in [1.82, 2.24) is 0 Å². The maximum Gasteiger partial charge on any atom is 0.309 e. The monoisotopic (exact) mass is 1240 g/mol. The zero-order valence-electron chi connectivity index (χ0n) is 56.7. The summed E-state index contributed by atoms with van der Waals surface area (Å²) in [6.07, 6.45) is 33.5. The quantitative estimate of drug-likeness (QED) is 0.0291. The van der Waals surface area contributed by atoms with Crippen molar-refractivity contribution >= 4 is 35.8 Å². The Morgan fingerprint density at radius 2 is 0.678 bits per heavy atom. The molecule has 0 radical (unpaired) electrons. The number of aryl methyl sites for hydroxylation is 6. The van der Waals surface area contributed by atoms with Gasteiger partial charge in [-0.05, 0) is 319 Å². The van der Waals surface area contributed by atoms with Gasteiger partial charge in [-0.2, -0.15) is 0 Å². The number of carbonyl (C=O) groups is 6. The van der Waals surface area contributed by atoms with Gasteiger partial charge in [-0.1, -0.05) is 94.9 Å². The Morgan fingerprint density at radius 1 is 0.333 bits per heavy atom. The van der Waals surface area contributed by atoms with Crippen molar-refractivity contribution in [3.8, 4) is 0 Å².